The molecule has 4 heteroatoms. The number of rotatable bonds is 4. The van der Waals surface area contributed by atoms with Gasteiger partial charge in [-0.2, -0.15) is 0 Å². The van der Waals surface area contributed by atoms with E-state index < -0.39 is 23.3 Å². The zero-order valence-electron chi connectivity index (χ0n) is 12.0. The molecule has 3 atom stereocenters. The highest BCUT2D eigenvalue weighted by Gasteiger charge is 2.42. The van der Waals surface area contributed by atoms with Crippen LogP contribution >= 0.6 is 0 Å². The smallest absolute Gasteiger partial charge is 0.159 e. The summed E-state index contributed by atoms with van der Waals surface area (Å²) in [4.78, 5) is 0. The molecule has 112 valence electrons. The van der Waals surface area contributed by atoms with Gasteiger partial charge in [-0.05, 0) is 43.4 Å². The van der Waals surface area contributed by atoms with Gasteiger partial charge in [-0.1, -0.05) is 25.8 Å². The first-order chi connectivity index (χ1) is 9.48. The Labute approximate surface area is 118 Å². The van der Waals surface area contributed by atoms with Crippen LogP contribution in [-0.4, -0.2) is 17.3 Å². The molecule has 0 saturated heterocycles. The van der Waals surface area contributed by atoms with Crippen LogP contribution in [0.25, 0.3) is 0 Å². The predicted octanol–water partition coefficient (Wildman–Crippen LogP) is 3.98. The number of hydrogen-bond acceptors (Lipinski definition) is 2. The van der Waals surface area contributed by atoms with Gasteiger partial charge >= 0.3 is 0 Å². The Morgan fingerprint density at radius 1 is 1.40 bits per heavy atom. The van der Waals surface area contributed by atoms with Crippen molar-refractivity contribution in [3.63, 3.8) is 0 Å². The summed E-state index contributed by atoms with van der Waals surface area (Å²) in [7, 11) is 0. The number of hydrogen-bond donors (Lipinski definition) is 1. The molecular weight excluding hydrogens is 262 g/mol. The topological polar surface area (TPSA) is 29.5 Å². The Morgan fingerprint density at radius 2 is 2.15 bits per heavy atom. The normalized spacial score (nSPS) is 28.4. The van der Waals surface area contributed by atoms with Crippen LogP contribution in [0.15, 0.2) is 18.2 Å². The number of benzene rings is 1. The molecule has 1 saturated carbocycles. The van der Waals surface area contributed by atoms with E-state index in [-0.39, 0.29) is 0 Å². The van der Waals surface area contributed by atoms with E-state index in [4.69, 9.17) is 4.74 Å². The Balaban J connectivity index is 2.30. The Kier molecular flexibility index (Phi) is 4.76. The summed E-state index contributed by atoms with van der Waals surface area (Å²) < 4.78 is 32.3. The lowest BCUT2D eigenvalue weighted by Gasteiger charge is -2.43. The molecule has 0 heterocycles. The average Bonchev–Trinajstić information content (AvgIpc) is 2.41. The van der Waals surface area contributed by atoms with Crippen LogP contribution in [0.4, 0.5) is 8.78 Å². The molecule has 1 N–H and O–H groups in total. The number of ether oxygens (including phenoxy) is 1. The molecule has 1 aliphatic carbocycles. The van der Waals surface area contributed by atoms with Crippen molar-refractivity contribution in [2.75, 3.05) is 6.61 Å². The summed E-state index contributed by atoms with van der Waals surface area (Å²) in [6, 6.07) is 3.56. The van der Waals surface area contributed by atoms with Gasteiger partial charge in [0.25, 0.3) is 0 Å². The van der Waals surface area contributed by atoms with Gasteiger partial charge in [0.05, 0.1) is 5.60 Å². The SMILES string of the molecule is CCOC1(C(O)c2ccc(F)c(F)c2)CCCC(C)C1. The van der Waals surface area contributed by atoms with E-state index in [1.807, 2.05) is 6.92 Å². The maximum absolute atomic E-state index is 13.4. The third-order valence-corrected chi connectivity index (χ3v) is 4.18. The predicted molar refractivity (Wildman–Crippen MR) is 73.3 cm³/mol. The Hall–Kier alpha value is -1.00. The van der Waals surface area contributed by atoms with Crippen molar-refractivity contribution in [3.05, 3.63) is 35.4 Å². The second-order valence-electron chi connectivity index (χ2n) is 5.78. The lowest BCUT2D eigenvalue weighted by Crippen LogP contribution is -2.43. The highest BCUT2D eigenvalue weighted by atomic mass is 19.2. The Bertz CT molecular complexity index is 460. The third-order valence-electron chi connectivity index (χ3n) is 4.18. The largest absolute Gasteiger partial charge is 0.385 e. The second-order valence-corrected chi connectivity index (χ2v) is 5.78. The summed E-state index contributed by atoms with van der Waals surface area (Å²) >= 11 is 0. The molecule has 1 aromatic carbocycles. The lowest BCUT2D eigenvalue weighted by atomic mass is 9.74. The summed E-state index contributed by atoms with van der Waals surface area (Å²) in [5.41, 5.74) is -0.303. The van der Waals surface area contributed by atoms with Crippen LogP contribution in [0.2, 0.25) is 0 Å². The highest BCUT2D eigenvalue weighted by molar-refractivity contribution is 5.23. The molecule has 0 radical (unpaired) electrons. The maximum Gasteiger partial charge on any atom is 0.159 e. The fourth-order valence-corrected chi connectivity index (χ4v) is 3.28. The average molecular weight is 284 g/mol. The molecule has 1 aliphatic rings. The van der Waals surface area contributed by atoms with Gasteiger partial charge < -0.3 is 9.84 Å². The molecule has 0 aromatic heterocycles. The summed E-state index contributed by atoms with van der Waals surface area (Å²) in [6.07, 6.45) is 2.63. The van der Waals surface area contributed by atoms with Gasteiger partial charge in [-0.15, -0.1) is 0 Å². The van der Waals surface area contributed by atoms with Crippen LogP contribution in [0.5, 0.6) is 0 Å². The first kappa shape index (κ1) is 15.4. The number of aliphatic hydroxyl groups excluding tert-OH is 1. The molecule has 0 spiro atoms. The van der Waals surface area contributed by atoms with E-state index in [1.54, 1.807) is 0 Å². The van der Waals surface area contributed by atoms with Gasteiger partial charge in [-0.3, -0.25) is 0 Å². The van der Waals surface area contributed by atoms with Crippen LogP contribution in [0, 0.1) is 17.6 Å². The molecule has 3 unspecified atom stereocenters. The molecule has 2 rings (SSSR count). The van der Waals surface area contributed by atoms with E-state index in [9.17, 15) is 13.9 Å². The minimum atomic E-state index is -0.933. The zero-order valence-corrected chi connectivity index (χ0v) is 12.0. The van der Waals surface area contributed by atoms with Gasteiger partial charge in [0, 0.05) is 6.61 Å². The van der Waals surface area contributed by atoms with Crippen molar-refractivity contribution in [2.24, 2.45) is 5.92 Å². The minimum absolute atomic E-state index is 0.381. The molecule has 0 amide bonds. The molecular formula is C16H22F2O2. The van der Waals surface area contributed by atoms with Gasteiger partial charge in [0.1, 0.15) is 6.10 Å². The lowest BCUT2D eigenvalue weighted by molar-refractivity contribution is -0.150. The molecule has 20 heavy (non-hydrogen) atoms. The van der Waals surface area contributed by atoms with Gasteiger partial charge in [0.15, 0.2) is 11.6 Å². The number of halogens is 2. The molecule has 0 bridgehead atoms. The number of aliphatic hydroxyl groups is 1. The van der Waals surface area contributed by atoms with Crippen molar-refractivity contribution in [1.82, 2.24) is 0 Å². The summed E-state index contributed by atoms with van der Waals surface area (Å²) in [6.45, 7) is 4.51. The van der Waals surface area contributed by atoms with Crippen molar-refractivity contribution in [1.29, 1.82) is 0 Å². The summed E-state index contributed by atoms with van der Waals surface area (Å²) in [5.74, 6) is -1.38. The monoisotopic (exact) mass is 284 g/mol. The van der Waals surface area contributed by atoms with Gasteiger partial charge in [0.2, 0.25) is 0 Å². The first-order valence-corrected chi connectivity index (χ1v) is 7.25. The van der Waals surface area contributed by atoms with Crippen LogP contribution in [0.3, 0.4) is 0 Å². The minimum Gasteiger partial charge on any atom is -0.385 e. The van der Waals surface area contributed by atoms with E-state index in [2.05, 4.69) is 6.92 Å². The van der Waals surface area contributed by atoms with Crippen LogP contribution in [0.1, 0.15) is 51.2 Å². The summed E-state index contributed by atoms with van der Waals surface area (Å²) in [5, 5.41) is 10.6. The quantitative estimate of drug-likeness (QED) is 0.906. The van der Waals surface area contributed by atoms with E-state index in [0.29, 0.717) is 18.1 Å². The standard InChI is InChI=1S/C16H22F2O2/c1-3-20-16(8-4-5-11(2)10-16)15(19)12-6-7-13(17)14(18)9-12/h6-7,9,11,15,19H,3-5,8,10H2,1-2H3. The Morgan fingerprint density at radius 3 is 2.75 bits per heavy atom. The molecule has 2 nitrogen and oxygen atoms in total. The van der Waals surface area contributed by atoms with Crippen molar-refractivity contribution >= 4 is 0 Å². The third kappa shape index (κ3) is 3.01. The first-order valence-electron chi connectivity index (χ1n) is 7.25. The molecule has 1 aromatic rings. The fourth-order valence-electron chi connectivity index (χ4n) is 3.28. The van der Waals surface area contributed by atoms with Crippen LogP contribution in [-0.2, 0) is 4.74 Å². The van der Waals surface area contributed by atoms with Crippen LogP contribution < -0.4 is 0 Å². The molecule has 0 aliphatic heterocycles. The molecule has 1 fully saturated rings. The van der Waals surface area contributed by atoms with E-state index in [0.717, 1.165) is 37.8 Å². The van der Waals surface area contributed by atoms with E-state index in [1.165, 1.54) is 6.07 Å². The fraction of sp³-hybridized carbons (Fsp3) is 0.625. The van der Waals surface area contributed by atoms with Crippen molar-refractivity contribution < 1.29 is 18.6 Å². The second kappa shape index (κ2) is 6.19. The van der Waals surface area contributed by atoms with Crippen molar-refractivity contribution in [3.8, 4) is 0 Å². The van der Waals surface area contributed by atoms with Crippen molar-refractivity contribution in [2.45, 2.75) is 51.2 Å². The van der Waals surface area contributed by atoms with E-state index >= 15 is 0 Å². The zero-order chi connectivity index (χ0) is 14.8. The van der Waals surface area contributed by atoms with Gasteiger partial charge in [-0.25, -0.2) is 8.78 Å². The maximum atomic E-state index is 13.4. The highest BCUT2D eigenvalue weighted by Crippen LogP contribution is 2.43.